The molecule has 3 nitrogen and oxygen atoms in total. The van der Waals surface area contributed by atoms with E-state index in [1.165, 1.54) is 11.1 Å². The first-order valence-electron chi connectivity index (χ1n) is 7.42. The standard InChI is InChI=1S/C18H21NO2/c1-14-7-8-16(18-12-19-9-10-20-18)11-17(14)21-13-15-5-3-2-4-6-15/h2-8,11,18-19H,9-10,12-13H2,1H3. The van der Waals surface area contributed by atoms with E-state index in [1.807, 2.05) is 18.2 Å². The van der Waals surface area contributed by atoms with Crippen LogP contribution in [0.4, 0.5) is 0 Å². The predicted molar refractivity (Wildman–Crippen MR) is 83.5 cm³/mol. The molecule has 1 saturated heterocycles. The van der Waals surface area contributed by atoms with Crippen LogP contribution < -0.4 is 10.1 Å². The third kappa shape index (κ3) is 3.63. The lowest BCUT2D eigenvalue weighted by atomic mass is 10.1. The van der Waals surface area contributed by atoms with Crippen LogP contribution in [-0.2, 0) is 11.3 Å². The summed E-state index contributed by atoms with van der Waals surface area (Å²) in [5.41, 5.74) is 3.51. The quantitative estimate of drug-likeness (QED) is 0.934. The molecule has 3 rings (SSSR count). The highest BCUT2D eigenvalue weighted by molar-refractivity contribution is 5.38. The molecule has 1 unspecified atom stereocenters. The number of benzene rings is 2. The summed E-state index contributed by atoms with van der Waals surface area (Å²) in [5, 5.41) is 3.36. The zero-order chi connectivity index (χ0) is 14.5. The first kappa shape index (κ1) is 14.1. The van der Waals surface area contributed by atoms with Crippen molar-refractivity contribution in [2.24, 2.45) is 0 Å². The first-order valence-corrected chi connectivity index (χ1v) is 7.42. The summed E-state index contributed by atoms with van der Waals surface area (Å²) in [6, 6.07) is 16.6. The van der Waals surface area contributed by atoms with Gasteiger partial charge in [-0.2, -0.15) is 0 Å². The van der Waals surface area contributed by atoms with Crippen molar-refractivity contribution >= 4 is 0 Å². The highest BCUT2D eigenvalue weighted by Crippen LogP contribution is 2.26. The lowest BCUT2D eigenvalue weighted by Crippen LogP contribution is -2.33. The van der Waals surface area contributed by atoms with Crippen LogP contribution in [0.3, 0.4) is 0 Å². The molecule has 2 aromatic carbocycles. The van der Waals surface area contributed by atoms with Crippen LogP contribution in [0.25, 0.3) is 0 Å². The fourth-order valence-electron chi connectivity index (χ4n) is 2.49. The van der Waals surface area contributed by atoms with E-state index >= 15 is 0 Å². The summed E-state index contributed by atoms with van der Waals surface area (Å²) in [6.45, 7) is 5.22. The third-order valence-electron chi connectivity index (χ3n) is 3.75. The Bertz CT molecular complexity index is 577. The molecule has 0 spiro atoms. The molecule has 1 N–H and O–H groups in total. The van der Waals surface area contributed by atoms with Crippen molar-refractivity contribution in [2.45, 2.75) is 19.6 Å². The lowest BCUT2D eigenvalue weighted by molar-refractivity contribution is 0.0275. The van der Waals surface area contributed by atoms with Crippen molar-refractivity contribution in [1.29, 1.82) is 0 Å². The van der Waals surface area contributed by atoms with Crippen molar-refractivity contribution in [1.82, 2.24) is 5.32 Å². The van der Waals surface area contributed by atoms with Gasteiger partial charge in [-0.3, -0.25) is 0 Å². The number of nitrogens with one attached hydrogen (secondary N) is 1. The van der Waals surface area contributed by atoms with Gasteiger partial charge >= 0.3 is 0 Å². The van der Waals surface area contributed by atoms with E-state index in [0.29, 0.717) is 6.61 Å². The van der Waals surface area contributed by atoms with E-state index in [1.54, 1.807) is 0 Å². The zero-order valence-electron chi connectivity index (χ0n) is 12.3. The van der Waals surface area contributed by atoms with Gasteiger partial charge in [0.1, 0.15) is 12.4 Å². The largest absolute Gasteiger partial charge is 0.489 e. The van der Waals surface area contributed by atoms with Crippen molar-refractivity contribution in [3.63, 3.8) is 0 Å². The van der Waals surface area contributed by atoms with Gasteiger partial charge < -0.3 is 14.8 Å². The molecule has 0 radical (unpaired) electrons. The smallest absolute Gasteiger partial charge is 0.123 e. The molecule has 1 fully saturated rings. The summed E-state index contributed by atoms with van der Waals surface area (Å²) >= 11 is 0. The van der Waals surface area contributed by atoms with E-state index in [-0.39, 0.29) is 6.10 Å². The Morgan fingerprint density at radius 2 is 2.05 bits per heavy atom. The van der Waals surface area contributed by atoms with Crippen LogP contribution in [0.1, 0.15) is 22.8 Å². The van der Waals surface area contributed by atoms with Crippen LogP contribution in [0.2, 0.25) is 0 Å². The summed E-state index contributed by atoms with van der Waals surface area (Å²) in [4.78, 5) is 0. The predicted octanol–water partition coefficient (Wildman–Crippen LogP) is 3.23. The highest BCUT2D eigenvalue weighted by atomic mass is 16.5. The topological polar surface area (TPSA) is 30.5 Å². The van der Waals surface area contributed by atoms with Crippen LogP contribution in [0.15, 0.2) is 48.5 Å². The molecule has 1 aliphatic heterocycles. The maximum Gasteiger partial charge on any atom is 0.123 e. The molecule has 3 heteroatoms. The van der Waals surface area contributed by atoms with Crippen LogP contribution in [0.5, 0.6) is 5.75 Å². The van der Waals surface area contributed by atoms with Gasteiger partial charge in [-0.05, 0) is 29.7 Å². The Kier molecular flexibility index (Phi) is 4.53. The summed E-state index contributed by atoms with van der Waals surface area (Å²) in [5.74, 6) is 0.936. The van der Waals surface area contributed by atoms with Crippen LogP contribution >= 0.6 is 0 Å². The Hall–Kier alpha value is -1.84. The molecule has 0 amide bonds. The molecule has 2 aromatic rings. The average molecular weight is 283 g/mol. The molecule has 0 bridgehead atoms. The van der Waals surface area contributed by atoms with Gasteiger partial charge in [-0.1, -0.05) is 42.5 Å². The highest BCUT2D eigenvalue weighted by Gasteiger charge is 2.16. The second kappa shape index (κ2) is 6.74. The number of hydrogen-bond acceptors (Lipinski definition) is 3. The minimum Gasteiger partial charge on any atom is -0.489 e. The monoisotopic (exact) mass is 283 g/mol. The summed E-state index contributed by atoms with van der Waals surface area (Å²) < 4.78 is 11.8. The van der Waals surface area contributed by atoms with Crippen molar-refractivity contribution in [3.05, 3.63) is 65.2 Å². The Balaban J connectivity index is 1.72. The van der Waals surface area contributed by atoms with Crippen molar-refractivity contribution < 1.29 is 9.47 Å². The fraction of sp³-hybridized carbons (Fsp3) is 0.333. The van der Waals surface area contributed by atoms with Gasteiger partial charge in [0.05, 0.1) is 12.7 Å². The third-order valence-corrected chi connectivity index (χ3v) is 3.75. The lowest BCUT2D eigenvalue weighted by Gasteiger charge is -2.24. The van der Waals surface area contributed by atoms with Crippen molar-refractivity contribution in [2.75, 3.05) is 19.7 Å². The Morgan fingerprint density at radius 3 is 2.81 bits per heavy atom. The molecular formula is C18H21NO2. The Morgan fingerprint density at radius 1 is 1.19 bits per heavy atom. The minimum atomic E-state index is 0.124. The second-order valence-corrected chi connectivity index (χ2v) is 5.36. The normalized spacial score (nSPS) is 18.4. The molecule has 0 aliphatic carbocycles. The van der Waals surface area contributed by atoms with E-state index in [0.717, 1.165) is 31.0 Å². The van der Waals surface area contributed by atoms with Gasteiger partial charge in [-0.15, -0.1) is 0 Å². The summed E-state index contributed by atoms with van der Waals surface area (Å²) in [7, 11) is 0. The molecule has 0 saturated carbocycles. The number of morpholine rings is 1. The fourth-order valence-corrected chi connectivity index (χ4v) is 2.49. The maximum absolute atomic E-state index is 5.98. The number of aryl methyl sites for hydroxylation is 1. The molecule has 1 aliphatic rings. The van der Waals surface area contributed by atoms with E-state index in [2.05, 4.69) is 42.6 Å². The summed E-state index contributed by atoms with van der Waals surface area (Å²) in [6.07, 6.45) is 0.124. The SMILES string of the molecule is Cc1ccc(C2CNCCO2)cc1OCc1ccccc1. The molecule has 110 valence electrons. The molecule has 1 heterocycles. The first-order chi connectivity index (χ1) is 10.3. The Labute approximate surface area is 125 Å². The van der Waals surface area contributed by atoms with Gasteiger partial charge in [0.15, 0.2) is 0 Å². The van der Waals surface area contributed by atoms with Gasteiger partial charge in [0, 0.05) is 13.1 Å². The van der Waals surface area contributed by atoms with Crippen LogP contribution in [0, 0.1) is 6.92 Å². The average Bonchev–Trinajstić information content (AvgIpc) is 2.56. The van der Waals surface area contributed by atoms with E-state index in [9.17, 15) is 0 Å². The maximum atomic E-state index is 5.98. The minimum absolute atomic E-state index is 0.124. The second-order valence-electron chi connectivity index (χ2n) is 5.36. The van der Waals surface area contributed by atoms with Gasteiger partial charge in [0.25, 0.3) is 0 Å². The van der Waals surface area contributed by atoms with Gasteiger partial charge in [0.2, 0.25) is 0 Å². The number of ether oxygens (including phenoxy) is 2. The number of rotatable bonds is 4. The van der Waals surface area contributed by atoms with E-state index in [4.69, 9.17) is 9.47 Å². The van der Waals surface area contributed by atoms with Crippen molar-refractivity contribution in [3.8, 4) is 5.75 Å². The molecule has 21 heavy (non-hydrogen) atoms. The zero-order valence-corrected chi connectivity index (χ0v) is 12.3. The van der Waals surface area contributed by atoms with Gasteiger partial charge in [-0.25, -0.2) is 0 Å². The molecule has 0 aromatic heterocycles. The number of hydrogen-bond donors (Lipinski definition) is 1. The molecule has 1 atom stereocenters. The van der Waals surface area contributed by atoms with Crippen LogP contribution in [-0.4, -0.2) is 19.7 Å². The molecular weight excluding hydrogens is 262 g/mol. The van der Waals surface area contributed by atoms with E-state index < -0.39 is 0 Å².